The fraction of sp³-hybridized carbons (Fsp3) is 0.231. The Morgan fingerprint density at radius 2 is 1.43 bits per heavy atom. The minimum absolute atomic E-state index is 0.0245. The molecule has 0 spiro atoms. The lowest BCUT2D eigenvalue weighted by Gasteiger charge is -2.37. The van der Waals surface area contributed by atoms with Crippen LogP contribution in [0.4, 0.5) is 4.79 Å². The Bertz CT molecular complexity index is 1720. The number of methoxy groups -OCH3 is 2. The highest BCUT2D eigenvalue weighted by molar-refractivity contribution is 5.81. The molecule has 47 heavy (non-hydrogen) atoms. The molecule has 0 saturated carbocycles. The van der Waals surface area contributed by atoms with Crippen LogP contribution in [0.25, 0.3) is 5.57 Å². The normalized spacial score (nSPS) is 17.1. The van der Waals surface area contributed by atoms with Crippen molar-refractivity contribution in [2.45, 2.75) is 24.0 Å². The van der Waals surface area contributed by atoms with Gasteiger partial charge in [0.15, 0.2) is 6.04 Å². The molecule has 240 valence electrons. The smallest absolute Gasteiger partial charge is 0.407 e. The number of carbonyl (C=O) groups is 2. The average molecular weight is 632 g/mol. The number of fused-ring (bicyclic) bond motifs is 3. The molecule has 2 N–H and O–H groups in total. The summed E-state index contributed by atoms with van der Waals surface area (Å²) in [6.45, 7) is -0.235. The first-order valence-electron chi connectivity index (χ1n) is 15.5. The summed E-state index contributed by atoms with van der Waals surface area (Å²) in [6.07, 6.45) is 6.33. The van der Waals surface area contributed by atoms with Crippen LogP contribution in [0, 0.1) is 5.92 Å². The summed E-state index contributed by atoms with van der Waals surface area (Å²) in [5, 5.41) is 12.8. The van der Waals surface area contributed by atoms with E-state index in [4.69, 9.17) is 18.9 Å². The van der Waals surface area contributed by atoms with Crippen molar-refractivity contribution >= 4 is 17.6 Å². The quantitative estimate of drug-likeness (QED) is 0.163. The SMILES string of the molecule is COc1ccc(C(OCC(NC(=O)OCC2c3ccccc3C3=CC=CCC32)C(=O)O)(c2ccccc2)c2ccc(OC)cc2)cc1. The van der Waals surface area contributed by atoms with Gasteiger partial charge in [0.25, 0.3) is 0 Å². The van der Waals surface area contributed by atoms with Crippen molar-refractivity contribution < 1.29 is 33.6 Å². The molecule has 0 heterocycles. The van der Waals surface area contributed by atoms with Gasteiger partial charge in [0.1, 0.15) is 23.7 Å². The molecule has 0 radical (unpaired) electrons. The van der Waals surface area contributed by atoms with Crippen LogP contribution in [0.5, 0.6) is 11.5 Å². The molecule has 0 aliphatic heterocycles. The fourth-order valence-corrected chi connectivity index (χ4v) is 6.63. The maximum absolute atomic E-state index is 13.2. The molecule has 3 unspecified atom stereocenters. The zero-order valence-electron chi connectivity index (χ0n) is 26.3. The number of amides is 1. The number of benzene rings is 4. The highest BCUT2D eigenvalue weighted by Crippen LogP contribution is 2.49. The molecule has 3 atom stereocenters. The molecule has 8 nitrogen and oxygen atoms in total. The van der Waals surface area contributed by atoms with Crippen molar-refractivity contribution in [1.82, 2.24) is 5.32 Å². The van der Waals surface area contributed by atoms with Gasteiger partial charge in [0, 0.05) is 5.92 Å². The lowest BCUT2D eigenvalue weighted by Crippen LogP contribution is -2.47. The second-order valence-electron chi connectivity index (χ2n) is 11.5. The first-order chi connectivity index (χ1) is 22.9. The van der Waals surface area contributed by atoms with Gasteiger partial charge in [-0.3, -0.25) is 0 Å². The topological polar surface area (TPSA) is 103 Å². The van der Waals surface area contributed by atoms with Crippen molar-refractivity contribution in [3.05, 3.63) is 149 Å². The number of aliphatic carboxylic acids is 1. The number of hydrogen-bond acceptors (Lipinski definition) is 6. The van der Waals surface area contributed by atoms with E-state index >= 15 is 0 Å². The molecule has 0 bridgehead atoms. The van der Waals surface area contributed by atoms with Gasteiger partial charge in [0.2, 0.25) is 0 Å². The number of ether oxygens (including phenoxy) is 4. The fourth-order valence-electron chi connectivity index (χ4n) is 6.63. The molecule has 1 amide bonds. The van der Waals surface area contributed by atoms with E-state index in [0.717, 1.165) is 28.7 Å². The van der Waals surface area contributed by atoms with Crippen molar-refractivity contribution in [2.75, 3.05) is 27.4 Å². The molecule has 0 fully saturated rings. The van der Waals surface area contributed by atoms with Gasteiger partial charge in [-0.25, -0.2) is 9.59 Å². The lowest BCUT2D eigenvalue weighted by molar-refractivity contribution is -0.142. The molecule has 6 rings (SSSR count). The first-order valence-corrected chi connectivity index (χ1v) is 15.5. The van der Waals surface area contributed by atoms with Crippen molar-refractivity contribution in [3.8, 4) is 11.5 Å². The van der Waals surface area contributed by atoms with Gasteiger partial charge < -0.3 is 29.4 Å². The molecular formula is C39H37NO7. The number of hydrogen-bond donors (Lipinski definition) is 2. The van der Waals surface area contributed by atoms with Crippen molar-refractivity contribution in [2.24, 2.45) is 5.92 Å². The Labute approximate surface area is 274 Å². The standard InChI is InChI=1S/C39H37NO7/c1-44-29-20-16-27(17-21-29)39(26-10-4-3-5-11-26,28-18-22-30(45-2)23-19-28)47-25-36(37(41)42)40-38(43)46-24-35-33-14-8-6-12-31(33)32-13-7-9-15-34(32)35/h3-14,16-23,34-36H,15,24-25H2,1-2H3,(H,40,43)(H,41,42). The monoisotopic (exact) mass is 631 g/mol. The maximum Gasteiger partial charge on any atom is 0.407 e. The Kier molecular flexibility index (Phi) is 9.40. The Morgan fingerprint density at radius 3 is 2.04 bits per heavy atom. The van der Waals surface area contributed by atoms with E-state index in [1.165, 1.54) is 11.1 Å². The lowest BCUT2D eigenvalue weighted by atomic mass is 9.80. The van der Waals surface area contributed by atoms with E-state index in [9.17, 15) is 14.7 Å². The van der Waals surface area contributed by atoms with Gasteiger partial charge >= 0.3 is 12.1 Å². The average Bonchev–Trinajstić information content (AvgIpc) is 3.44. The van der Waals surface area contributed by atoms with Gasteiger partial charge in [-0.1, -0.05) is 97.1 Å². The molecule has 0 saturated heterocycles. The summed E-state index contributed by atoms with van der Waals surface area (Å²) >= 11 is 0. The molecule has 8 heteroatoms. The Hall–Kier alpha value is -5.34. The van der Waals surface area contributed by atoms with E-state index in [2.05, 4.69) is 35.7 Å². The minimum Gasteiger partial charge on any atom is -0.497 e. The Morgan fingerprint density at radius 1 is 0.830 bits per heavy atom. The van der Waals surface area contributed by atoms with Crippen LogP contribution in [0.1, 0.15) is 40.2 Å². The van der Waals surface area contributed by atoms with E-state index < -0.39 is 23.7 Å². The molecule has 2 aliphatic carbocycles. The second-order valence-corrected chi connectivity index (χ2v) is 11.5. The third-order valence-corrected chi connectivity index (χ3v) is 8.98. The minimum atomic E-state index is -1.40. The van der Waals surface area contributed by atoms with Crippen LogP contribution in [0.15, 0.2) is 121 Å². The van der Waals surface area contributed by atoms with E-state index in [1.54, 1.807) is 14.2 Å². The number of rotatable bonds is 12. The summed E-state index contributed by atoms with van der Waals surface area (Å²) in [4.78, 5) is 25.7. The van der Waals surface area contributed by atoms with Crippen molar-refractivity contribution in [1.29, 1.82) is 0 Å². The maximum atomic E-state index is 13.2. The summed E-state index contributed by atoms with van der Waals surface area (Å²) in [5.74, 6) is 0.250. The van der Waals surface area contributed by atoms with Crippen LogP contribution in [0.2, 0.25) is 0 Å². The summed E-state index contributed by atoms with van der Waals surface area (Å²) in [7, 11) is 3.18. The molecule has 4 aromatic carbocycles. The number of carbonyl (C=O) groups excluding carboxylic acids is 1. The number of allylic oxidation sites excluding steroid dienone is 4. The zero-order chi connectivity index (χ0) is 32.8. The summed E-state index contributed by atoms with van der Waals surface area (Å²) in [5.41, 5.74) is 4.55. The molecule has 2 aliphatic rings. The van der Waals surface area contributed by atoms with Crippen LogP contribution < -0.4 is 14.8 Å². The van der Waals surface area contributed by atoms with E-state index in [1.807, 2.05) is 91.0 Å². The van der Waals surface area contributed by atoms with Crippen LogP contribution in [-0.4, -0.2) is 50.6 Å². The highest BCUT2D eigenvalue weighted by atomic mass is 16.6. The highest BCUT2D eigenvalue weighted by Gasteiger charge is 2.40. The van der Waals surface area contributed by atoms with Gasteiger partial charge in [0.05, 0.1) is 20.8 Å². The third-order valence-electron chi connectivity index (χ3n) is 8.98. The Balaban J connectivity index is 1.25. The third kappa shape index (κ3) is 6.37. The first kappa shape index (κ1) is 31.6. The van der Waals surface area contributed by atoms with E-state index in [0.29, 0.717) is 11.5 Å². The molecular weight excluding hydrogens is 594 g/mol. The number of nitrogens with one attached hydrogen (secondary N) is 1. The summed E-state index contributed by atoms with van der Waals surface area (Å²) in [6, 6.07) is 31.2. The summed E-state index contributed by atoms with van der Waals surface area (Å²) < 4.78 is 23.2. The number of carboxylic acid groups (broad SMARTS) is 1. The van der Waals surface area contributed by atoms with Gasteiger partial charge in [-0.05, 0) is 70.0 Å². The van der Waals surface area contributed by atoms with Crippen LogP contribution >= 0.6 is 0 Å². The van der Waals surface area contributed by atoms with Gasteiger partial charge in [-0.2, -0.15) is 0 Å². The number of alkyl carbamates (subject to hydrolysis) is 1. The largest absolute Gasteiger partial charge is 0.497 e. The number of carboxylic acids is 1. The predicted molar refractivity (Wildman–Crippen MR) is 179 cm³/mol. The van der Waals surface area contributed by atoms with Gasteiger partial charge in [-0.15, -0.1) is 0 Å². The zero-order valence-corrected chi connectivity index (χ0v) is 26.3. The molecule has 0 aromatic heterocycles. The van der Waals surface area contributed by atoms with Crippen molar-refractivity contribution in [3.63, 3.8) is 0 Å². The van der Waals surface area contributed by atoms with Crippen LogP contribution in [0.3, 0.4) is 0 Å². The molecule has 4 aromatic rings. The predicted octanol–water partition coefficient (Wildman–Crippen LogP) is 6.95. The second kappa shape index (κ2) is 14.0. The van der Waals surface area contributed by atoms with Crippen LogP contribution in [-0.2, 0) is 19.9 Å². The van der Waals surface area contributed by atoms with E-state index in [-0.39, 0.29) is 25.0 Å².